The molecule has 0 aliphatic carbocycles. The molecule has 186 valence electrons. The quantitative estimate of drug-likeness (QED) is 0.366. The molecule has 10 heteroatoms. The molecule has 2 heterocycles. The summed E-state index contributed by atoms with van der Waals surface area (Å²) in [6, 6.07) is 12.2. The third-order valence-electron chi connectivity index (χ3n) is 5.68. The average Bonchev–Trinajstić information content (AvgIpc) is 3.16. The first-order valence-corrected chi connectivity index (χ1v) is 11.6. The summed E-state index contributed by atoms with van der Waals surface area (Å²) in [5.41, 5.74) is 1.60. The molecule has 0 atom stereocenters. The molecule has 0 unspecified atom stereocenters. The van der Waals surface area contributed by atoms with Crippen molar-refractivity contribution >= 4 is 28.5 Å². The Bertz CT molecular complexity index is 1590. The molecule has 2 aromatic carbocycles. The van der Waals surface area contributed by atoms with Crippen molar-refractivity contribution in [2.75, 3.05) is 0 Å². The number of benzene rings is 2. The highest BCUT2D eigenvalue weighted by molar-refractivity contribution is 5.98. The number of fused-ring (bicyclic) bond motifs is 3. The number of hydrogen-bond donors (Lipinski definition) is 2. The summed E-state index contributed by atoms with van der Waals surface area (Å²) in [5.74, 6) is -0.670. The molecule has 0 bridgehead atoms. The predicted octanol–water partition coefficient (Wildman–Crippen LogP) is 1.76. The number of carbonyl (C=O) groups excluding carboxylic acids is 2. The van der Waals surface area contributed by atoms with Crippen molar-refractivity contribution in [3.63, 3.8) is 0 Å². The van der Waals surface area contributed by atoms with Crippen LogP contribution in [-0.2, 0) is 24.4 Å². The third kappa shape index (κ3) is 4.83. The number of nitrogens with zero attached hydrogens (tertiary/aromatic N) is 4. The number of amides is 2. The van der Waals surface area contributed by atoms with Gasteiger partial charge < -0.3 is 10.6 Å². The van der Waals surface area contributed by atoms with Crippen molar-refractivity contribution < 1.29 is 9.59 Å². The molecule has 2 N–H and O–H groups in total. The van der Waals surface area contributed by atoms with E-state index in [1.54, 1.807) is 6.07 Å². The molecule has 0 aliphatic heterocycles. The maximum Gasteiger partial charge on any atom is 0.352 e. The monoisotopic (exact) mass is 488 g/mol. The van der Waals surface area contributed by atoms with E-state index >= 15 is 0 Å². The van der Waals surface area contributed by atoms with Gasteiger partial charge in [-0.25, -0.2) is 13.9 Å². The molecule has 4 aromatic rings. The third-order valence-corrected chi connectivity index (χ3v) is 5.68. The van der Waals surface area contributed by atoms with E-state index in [4.69, 9.17) is 0 Å². The van der Waals surface area contributed by atoms with Crippen LogP contribution < -0.4 is 21.9 Å². The Kier molecular flexibility index (Phi) is 6.86. The van der Waals surface area contributed by atoms with Gasteiger partial charge in [0.1, 0.15) is 6.54 Å². The zero-order valence-electron chi connectivity index (χ0n) is 20.4. The van der Waals surface area contributed by atoms with Gasteiger partial charge in [-0.05, 0) is 44.5 Å². The van der Waals surface area contributed by atoms with Crippen LogP contribution in [0.2, 0.25) is 0 Å². The standard InChI is InChI=1S/C26H28N6O4/c1-5-12-30-24(35)20-11-10-19(23(34)28-16(2)3)13-21(20)32-25(30)29-31(26(32)36)15-22(33)27-14-18-8-6-17(4)7-9-18/h5-11,13,16H,1,12,14-15H2,2-4H3,(H,27,33)(H,28,34). The van der Waals surface area contributed by atoms with Gasteiger partial charge in [-0.3, -0.25) is 19.0 Å². The summed E-state index contributed by atoms with van der Waals surface area (Å²) < 4.78 is 3.57. The Hall–Kier alpha value is -4.47. The highest BCUT2D eigenvalue weighted by Crippen LogP contribution is 2.14. The molecular weight excluding hydrogens is 460 g/mol. The van der Waals surface area contributed by atoms with Crippen LogP contribution in [0.1, 0.15) is 35.3 Å². The highest BCUT2D eigenvalue weighted by atomic mass is 16.2. The van der Waals surface area contributed by atoms with E-state index in [0.29, 0.717) is 12.1 Å². The molecule has 0 fully saturated rings. The van der Waals surface area contributed by atoms with Gasteiger partial charge in [0, 0.05) is 24.7 Å². The molecule has 0 aliphatic rings. The van der Waals surface area contributed by atoms with E-state index in [-0.39, 0.29) is 47.3 Å². The van der Waals surface area contributed by atoms with E-state index in [2.05, 4.69) is 22.3 Å². The minimum atomic E-state index is -0.597. The Morgan fingerprint density at radius 2 is 1.83 bits per heavy atom. The van der Waals surface area contributed by atoms with Crippen LogP contribution in [0, 0.1) is 6.92 Å². The lowest BCUT2D eigenvalue weighted by Gasteiger charge is -2.11. The summed E-state index contributed by atoms with van der Waals surface area (Å²) in [6.45, 7) is 9.43. The molecule has 4 rings (SSSR count). The van der Waals surface area contributed by atoms with Gasteiger partial charge >= 0.3 is 5.69 Å². The van der Waals surface area contributed by atoms with Gasteiger partial charge in [-0.15, -0.1) is 11.7 Å². The molecular formula is C26H28N6O4. The van der Waals surface area contributed by atoms with Crippen molar-refractivity contribution in [2.45, 2.75) is 46.4 Å². The molecule has 0 saturated heterocycles. The Labute approximate surface area is 206 Å². The fourth-order valence-electron chi connectivity index (χ4n) is 3.90. The number of aromatic nitrogens is 4. The zero-order chi connectivity index (χ0) is 26.0. The molecule has 0 spiro atoms. The van der Waals surface area contributed by atoms with Crippen LogP contribution in [0.3, 0.4) is 0 Å². The minimum absolute atomic E-state index is 0.0603. The molecule has 2 aromatic heterocycles. The number of rotatable bonds is 8. The van der Waals surface area contributed by atoms with Gasteiger partial charge in [0.15, 0.2) is 0 Å². The highest BCUT2D eigenvalue weighted by Gasteiger charge is 2.20. The first-order chi connectivity index (χ1) is 17.2. The second-order valence-electron chi connectivity index (χ2n) is 8.90. The zero-order valence-corrected chi connectivity index (χ0v) is 20.4. The molecule has 10 nitrogen and oxygen atoms in total. The smallest absolute Gasteiger partial charge is 0.350 e. The van der Waals surface area contributed by atoms with E-state index in [1.807, 2.05) is 45.0 Å². The van der Waals surface area contributed by atoms with Gasteiger partial charge in [0.25, 0.3) is 11.5 Å². The predicted molar refractivity (Wildman–Crippen MR) is 137 cm³/mol. The lowest BCUT2D eigenvalue weighted by molar-refractivity contribution is -0.122. The van der Waals surface area contributed by atoms with Gasteiger partial charge in [0.05, 0.1) is 10.9 Å². The van der Waals surface area contributed by atoms with Crippen molar-refractivity contribution in [1.82, 2.24) is 29.4 Å². The fourth-order valence-corrected chi connectivity index (χ4v) is 3.90. The molecule has 0 saturated carbocycles. The van der Waals surface area contributed by atoms with Gasteiger partial charge in [0.2, 0.25) is 11.7 Å². The van der Waals surface area contributed by atoms with E-state index < -0.39 is 11.6 Å². The van der Waals surface area contributed by atoms with Gasteiger partial charge in [-0.2, -0.15) is 0 Å². The first kappa shape index (κ1) is 24.6. The van der Waals surface area contributed by atoms with Crippen LogP contribution in [0.15, 0.2) is 64.7 Å². The minimum Gasteiger partial charge on any atom is -0.350 e. The maximum absolute atomic E-state index is 13.4. The average molecular weight is 489 g/mol. The van der Waals surface area contributed by atoms with Crippen LogP contribution in [0.5, 0.6) is 0 Å². The lowest BCUT2D eigenvalue weighted by Crippen LogP contribution is -2.33. The van der Waals surface area contributed by atoms with Crippen molar-refractivity contribution in [1.29, 1.82) is 0 Å². The first-order valence-electron chi connectivity index (χ1n) is 11.6. The van der Waals surface area contributed by atoms with Crippen molar-refractivity contribution in [3.8, 4) is 0 Å². The lowest BCUT2D eigenvalue weighted by atomic mass is 10.1. The summed E-state index contributed by atoms with van der Waals surface area (Å²) >= 11 is 0. The van der Waals surface area contributed by atoms with Crippen LogP contribution >= 0.6 is 0 Å². The number of carbonyl (C=O) groups is 2. The SMILES string of the molecule is C=CCn1c(=O)c2ccc(C(=O)NC(C)C)cc2n2c(=O)n(CC(=O)NCc3ccc(C)cc3)nc12. The summed E-state index contributed by atoms with van der Waals surface area (Å²) in [6.07, 6.45) is 1.52. The second-order valence-corrected chi connectivity index (χ2v) is 8.90. The number of hydrogen-bond acceptors (Lipinski definition) is 5. The summed E-state index contributed by atoms with van der Waals surface area (Å²) in [4.78, 5) is 51.7. The van der Waals surface area contributed by atoms with Crippen molar-refractivity contribution in [3.05, 3.63) is 92.6 Å². The molecule has 0 radical (unpaired) electrons. The van der Waals surface area contributed by atoms with E-state index in [1.165, 1.54) is 27.2 Å². The molecule has 2 amide bonds. The van der Waals surface area contributed by atoms with Gasteiger partial charge in [-0.1, -0.05) is 35.9 Å². The van der Waals surface area contributed by atoms with Crippen LogP contribution in [-0.4, -0.2) is 36.6 Å². The van der Waals surface area contributed by atoms with Crippen molar-refractivity contribution in [2.24, 2.45) is 0 Å². The van der Waals surface area contributed by atoms with E-state index in [0.717, 1.165) is 15.8 Å². The maximum atomic E-state index is 13.4. The Morgan fingerprint density at radius 1 is 1.11 bits per heavy atom. The normalized spacial score (nSPS) is 11.2. The number of nitrogens with one attached hydrogen (secondary N) is 2. The number of aryl methyl sites for hydroxylation is 1. The molecule has 36 heavy (non-hydrogen) atoms. The summed E-state index contributed by atoms with van der Waals surface area (Å²) in [7, 11) is 0. The Balaban J connectivity index is 1.76. The largest absolute Gasteiger partial charge is 0.352 e. The topological polar surface area (TPSA) is 120 Å². The number of allylic oxidation sites excluding steroid dienone is 1. The second kappa shape index (κ2) is 10.0. The summed E-state index contributed by atoms with van der Waals surface area (Å²) in [5, 5.41) is 10.1. The van der Waals surface area contributed by atoms with Crippen LogP contribution in [0.4, 0.5) is 0 Å². The fraction of sp³-hybridized carbons (Fsp3) is 0.269. The Morgan fingerprint density at radius 3 is 2.50 bits per heavy atom. The van der Waals surface area contributed by atoms with Crippen LogP contribution in [0.25, 0.3) is 16.7 Å². The van der Waals surface area contributed by atoms with E-state index in [9.17, 15) is 19.2 Å².